The standard InChI is InChI=1S/C17H34N2O/c1-4-18-16-10-7-5-6-9-15(16)13-19-12-8-11-17(2,14-19)20-3/h15-16,18H,4-14H2,1-3H3. The molecule has 3 unspecified atom stereocenters. The normalized spacial score (nSPS) is 36.8. The fourth-order valence-corrected chi connectivity index (χ4v) is 4.10. The van der Waals surface area contributed by atoms with E-state index in [4.69, 9.17) is 4.74 Å². The fraction of sp³-hybridized carbons (Fsp3) is 1.00. The molecule has 1 aliphatic carbocycles. The Bertz CT molecular complexity index is 284. The van der Waals surface area contributed by atoms with Crippen molar-refractivity contribution < 1.29 is 4.74 Å². The number of piperidine rings is 1. The first-order chi connectivity index (χ1) is 9.67. The van der Waals surface area contributed by atoms with Gasteiger partial charge in [0.15, 0.2) is 0 Å². The molecule has 0 bridgehead atoms. The largest absolute Gasteiger partial charge is 0.377 e. The fourth-order valence-electron chi connectivity index (χ4n) is 4.10. The van der Waals surface area contributed by atoms with E-state index < -0.39 is 0 Å². The molecule has 2 rings (SSSR count). The van der Waals surface area contributed by atoms with Crippen LogP contribution in [0.5, 0.6) is 0 Å². The van der Waals surface area contributed by atoms with Gasteiger partial charge in [-0.3, -0.25) is 0 Å². The highest BCUT2D eigenvalue weighted by Crippen LogP contribution is 2.28. The lowest BCUT2D eigenvalue weighted by Gasteiger charge is -2.41. The van der Waals surface area contributed by atoms with Crippen molar-refractivity contribution in [2.45, 2.75) is 70.4 Å². The molecule has 0 aromatic heterocycles. The van der Waals surface area contributed by atoms with Gasteiger partial charge in [0, 0.05) is 26.2 Å². The second kappa shape index (κ2) is 7.77. The molecule has 118 valence electrons. The molecule has 1 aliphatic heterocycles. The van der Waals surface area contributed by atoms with Gasteiger partial charge in [0.05, 0.1) is 5.60 Å². The van der Waals surface area contributed by atoms with E-state index in [0.29, 0.717) is 0 Å². The van der Waals surface area contributed by atoms with Gasteiger partial charge < -0.3 is 15.0 Å². The van der Waals surface area contributed by atoms with Crippen LogP contribution in [0.4, 0.5) is 0 Å². The molecule has 1 heterocycles. The monoisotopic (exact) mass is 282 g/mol. The second-order valence-corrected chi connectivity index (χ2v) is 7.05. The van der Waals surface area contributed by atoms with Crippen LogP contribution in [-0.4, -0.2) is 49.8 Å². The van der Waals surface area contributed by atoms with E-state index in [1.54, 1.807) is 0 Å². The van der Waals surface area contributed by atoms with Gasteiger partial charge in [-0.15, -0.1) is 0 Å². The van der Waals surface area contributed by atoms with Crippen molar-refractivity contribution in [2.24, 2.45) is 5.92 Å². The third-order valence-corrected chi connectivity index (χ3v) is 5.35. The van der Waals surface area contributed by atoms with Gasteiger partial charge in [0.1, 0.15) is 0 Å². The zero-order valence-electron chi connectivity index (χ0n) is 13.8. The van der Waals surface area contributed by atoms with Gasteiger partial charge in [-0.2, -0.15) is 0 Å². The summed E-state index contributed by atoms with van der Waals surface area (Å²) in [5.74, 6) is 0.830. The highest BCUT2D eigenvalue weighted by Gasteiger charge is 2.33. The summed E-state index contributed by atoms with van der Waals surface area (Å²) in [6, 6.07) is 0.734. The van der Waals surface area contributed by atoms with Crippen LogP contribution in [0.25, 0.3) is 0 Å². The molecule has 1 saturated heterocycles. The topological polar surface area (TPSA) is 24.5 Å². The van der Waals surface area contributed by atoms with Gasteiger partial charge >= 0.3 is 0 Å². The Kier molecular flexibility index (Phi) is 6.31. The number of likely N-dealkylation sites (tertiary alicyclic amines) is 1. The van der Waals surface area contributed by atoms with Crippen molar-refractivity contribution >= 4 is 0 Å². The Balaban J connectivity index is 1.91. The summed E-state index contributed by atoms with van der Waals surface area (Å²) in [5.41, 5.74) is 0.0800. The molecule has 1 saturated carbocycles. The van der Waals surface area contributed by atoms with Crippen molar-refractivity contribution in [3.8, 4) is 0 Å². The Morgan fingerprint density at radius 3 is 2.75 bits per heavy atom. The summed E-state index contributed by atoms with van der Waals surface area (Å²) in [7, 11) is 1.87. The van der Waals surface area contributed by atoms with E-state index in [0.717, 1.165) is 25.0 Å². The first-order valence-electron chi connectivity index (χ1n) is 8.68. The summed E-state index contributed by atoms with van der Waals surface area (Å²) in [4.78, 5) is 2.66. The lowest BCUT2D eigenvalue weighted by Crippen LogP contribution is -2.50. The van der Waals surface area contributed by atoms with Crippen LogP contribution in [-0.2, 0) is 4.74 Å². The predicted molar refractivity (Wildman–Crippen MR) is 85.1 cm³/mol. The number of hydrogen-bond donors (Lipinski definition) is 1. The van der Waals surface area contributed by atoms with Crippen LogP contribution in [0, 0.1) is 5.92 Å². The summed E-state index contributed by atoms with van der Waals surface area (Å²) in [5, 5.41) is 3.74. The molecule has 0 radical (unpaired) electrons. The Morgan fingerprint density at radius 1 is 1.20 bits per heavy atom. The molecular weight excluding hydrogens is 248 g/mol. The van der Waals surface area contributed by atoms with E-state index in [1.807, 2.05) is 7.11 Å². The molecule has 1 N–H and O–H groups in total. The van der Waals surface area contributed by atoms with Crippen LogP contribution in [0.15, 0.2) is 0 Å². The molecule has 2 aliphatic rings. The molecule has 0 aromatic rings. The summed E-state index contributed by atoms with van der Waals surface area (Å²) < 4.78 is 5.74. The third kappa shape index (κ3) is 4.44. The molecule has 3 nitrogen and oxygen atoms in total. The van der Waals surface area contributed by atoms with Crippen molar-refractivity contribution in [1.29, 1.82) is 0 Å². The molecular formula is C17H34N2O. The van der Waals surface area contributed by atoms with Crippen LogP contribution < -0.4 is 5.32 Å². The summed E-state index contributed by atoms with van der Waals surface area (Å²) in [6.45, 7) is 9.25. The molecule has 3 atom stereocenters. The lowest BCUT2D eigenvalue weighted by molar-refractivity contribution is -0.0548. The first-order valence-corrected chi connectivity index (χ1v) is 8.68. The van der Waals surface area contributed by atoms with Gasteiger partial charge in [-0.05, 0) is 51.6 Å². The van der Waals surface area contributed by atoms with Crippen molar-refractivity contribution in [2.75, 3.05) is 33.3 Å². The summed E-state index contributed by atoms with van der Waals surface area (Å²) in [6.07, 6.45) is 9.51. The maximum atomic E-state index is 5.74. The molecule has 2 fully saturated rings. The molecule has 0 amide bonds. The van der Waals surface area contributed by atoms with Gasteiger partial charge in [-0.1, -0.05) is 26.2 Å². The third-order valence-electron chi connectivity index (χ3n) is 5.35. The summed E-state index contributed by atoms with van der Waals surface area (Å²) >= 11 is 0. The number of nitrogens with one attached hydrogen (secondary N) is 1. The predicted octanol–water partition coefficient (Wildman–Crippen LogP) is 3.05. The van der Waals surface area contributed by atoms with Crippen molar-refractivity contribution in [3.63, 3.8) is 0 Å². The highest BCUT2D eigenvalue weighted by molar-refractivity contribution is 4.88. The minimum atomic E-state index is 0.0800. The molecule has 0 aromatic carbocycles. The van der Waals surface area contributed by atoms with Crippen molar-refractivity contribution in [1.82, 2.24) is 10.2 Å². The average molecular weight is 282 g/mol. The van der Waals surface area contributed by atoms with E-state index in [9.17, 15) is 0 Å². The minimum Gasteiger partial charge on any atom is -0.377 e. The van der Waals surface area contributed by atoms with E-state index in [-0.39, 0.29) is 5.60 Å². The van der Waals surface area contributed by atoms with Gasteiger partial charge in [0.25, 0.3) is 0 Å². The van der Waals surface area contributed by atoms with E-state index in [1.165, 1.54) is 58.0 Å². The van der Waals surface area contributed by atoms with E-state index >= 15 is 0 Å². The Hall–Kier alpha value is -0.120. The average Bonchev–Trinajstić information content (AvgIpc) is 2.65. The molecule has 3 heteroatoms. The Morgan fingerprint density at radius 2 is 2.00 bits per heavy atom. The van der Waals surface area contributed by atoms with Crippen LogP contribution in [0.3, 0.4) is 0 Å². The number of hydrogen-bond acceptors (Lipinski definition) is 3. The second-order valence-electron chi connectivity index (χ2n) is 7.05. The quantitative estimate of drug-likeness (QED) is 0.784. The number of methoxy groups -OCH3 is 1. The van der Waals surface area contributed by atoms with Crippen molar-refractivity contribution in [3.05, 3.63) is 0 Å². The van der Waals surface area contributed by atoms with Crippen LogP contribution in [0.1, 0.15) is 58.8 Å². The first kappa shape index (κ1) is 16.3. The maximum Gasteiger partial charge on any atom is 0.0777 e. The number of rotatable bonds is 5. The molecule has 20 heavy (non-hydrogen) atoms. The number of ether oxygens (including phenoxy) is 1. The highest BCUT2D eigenvalue weighted by atomic mass is 16.5. The lowest BCUT2D eigenvalue weighted by atomic mass is 9.90. The zero-order chi connectivity index (χ0) is 14.4. The Labute approximate surface area is 125 Å². The van der Waals surface area contributed by atoms with Crippen LogP contribution >= 0.6 is 0 Å². The van der Waals surface area contributed by atoms with Gasteiger partial charge in [0.2, 0.25) is 0 Å². The smallest absolute Gasteiger partial charge is 0.0777 e. The zero-order valence-corrected chi connectivity index (χ0v) is 13.8. The van der Waals surface area contributed by atoms with Gasteiger partial charge in [-0.25, -0.2) is 0 Å². The van der Waals surface area contributed by atoms with Crippen LogP contribution in [0.2, 0.25) is 0 Å². The minimum absolute atomic E-state index is 0.0800. The number of nitrogens with zero attached hydrogens (tertiary/aromatic N) is 1. The maximum absolute atomic E-state index is 5.74. The SMILES string of the molecule is CCNC1CCCCCC1CN1CCCC(C)(OC)C1. The van der Waals surface area contributed by atoms with E-state index in [2.05, 4.69) is 24.1 Å². The molecule has 0 spiro atoms.